The van der Waals surface area contributed by atoms with Gasteiger partial charge in [0.25, 0.3) is 5.97 Å². The number of ketones is 1. The number of hydrogen-bond donors (Lipinski definition) is 1. The van der Waals surface area contributed by atoms with Gasteiger partial charge < -0.3 is 5.11 Å². The Balaban J connectivity index is 0.000000364. The van der Waals surface area contributed by atoms with Crippen LogP contribution in [0.1, 0.15) is 17.3 Å². The number of carboxylic acid groups (broad SMARTS) is 1. The van der Waals surface area contributed by atoms with E-state index in [9.17, 15) is 4.79 Å². The Morgan fingerprint density at radius 2 is 1.71 bits per heavy atom. The van der Waals surface area contributed by atoms with Crippen LogP contribution in [0.5, 0.6) is 0 Å². The minimum Gasteiger partial charge on any atom is -0.481 e. The van der Waals surface area contributed by atoms with E-state index < -0.39 is 5.97 Å². The summed E-state index contributed by atoms with van der Waals surface area (Å²) in [4.78, 5) is 19.9. The molecule has 1 rings (SSSR count). The molecular weight excluding hydrogens is 204 g/mol. The lowest BCUT2D eigenvalue weighted by molar-refractivity contribution is -0.134. The van der Waals surface area contributed by atoms with Crippen molar-refractivity contribution >= 4 is 23.4 Å². The predicted molar refractivity (Wildman–Crippen MR) is 54.8 cm³/mol. The lowest BCUT2D eigenvalue weighted by atomic mass is 10.2. The maximum atomic E-state index is 10.9. The van der Waals surface area contributed by atoms with Crippen molar-refractivity contribution in [3.05, 3.63) is 35.9 Å². The first kappa shape index (κ1) is 12.7. The molecule has 0 saturated heterocycles. The summed E-state index contributed by atoms with van der Waals surface area (Å²) in [5, 5.41) is 7.42. The number of halogens is 1. The van der Waals surface area contributed by atoms with Crippen LogP contribution < -0.4 is 0 Å². The molecule has 0 unspecified atom stereocenters. The van der Waals surface area contributed by atoms with Gasteiger partial charge in [-0.15, -0.1) is 11.6 Å². The van der Waals surface area contributed by atoms with Crippen LogP contribution in [0.2, 0.25) is 0 Å². The molecule has 0 aliphatic heterocycles. The van der Waals surface area contributed by atoms with E-state index in [1.807, 2.05) is 18.2 Å². The first-order valence-electron chi connectivity index (χ1n) is 3.91. The largest absolute Gasteiger partial charge is 0.481 e. The summed E-state index contributed by atoms with van der Waals surface area (Å²) >= 11 is 5.34. The molecule has 0 amide bonds. The highest BCUT2D eigenvalue weighted by Gasteiger charge is 1.99. The highest BCUT2D eigenvalue weighted by molar-refractivity contribution is 6.30. The van der Waals surface area contributed by atoms with Gasteiger partial charge in [0.15, 0.2) is 5.78 Å². The normalized spacial score (nSPS) is 8.43. The summed E-state index contributed by atoms with van der Waals surface area (Å²) in [6.45, 7) is 1.08. The Kier molecular flexibility index (Phi) is 6.41. The molecule has 4 heteroatoms. The number of carbonyl (C=O) groups is 2. The van der Waals surface area contributed by atoms with E-state index in [2.05, 4.69) is 0 Å². The molecule has 0 radical (unpaired) electrons. The highest BCUT2D eigenvalue weighted by atomic mass is 35.5. The van der Waals surface area contributed by atoms with Gasteiger partial charge in [-0.25, -0.2) is 0 Å². The van der Waals surface area contributed by atoms with Gasteiger partial charge >= 0.3 is 0 Å². The van der Waals surface area contributed by atoms with E-state index in [-0.39, 0.29) is 11.7 Å². The van der Waals surface area contributed by atoms with Crippen molar-refractivity contribution in [3.8, 4) is 0 Å². The van der Waals surface area contributed by atoms with Gasteiger partial charge in [0.1, 0.15) is 0 Å². The molecule has 0 saturated carbocycles. The number of benzene rings is 1. The zero-order chi connectivity index (χ0) is 11.0. The number of aliphatic carboxylic acids is 1. The predicted octanol–water partition coefficient (Wildman–Crippen LogP) is 2.20. The average Bonchev–Trinajstić information content (AvgIpc) is 2.17. The molecule has 0 heterocycles. The molecule has 14 heavy (non-hydrogen) atoms. The standard InChI is InChI=1S/C8H7ClO.C2H4O2/c9-6-8(10)7-4-2-1-3-5-7;1-2(3)4/h1-5H,6H2;1H3,(H,3,4). The molecule has 0 fully saturated rings. The summed E-state index contributed by atoms with van der Waals surface area (Å²) in [5.41, 5.74) is 0.678. The van der Waals surface area contributed by atoms with Gasteiger partial charge in [0.05, 0.1) is 5.88 Å². The van der Waals surface area contributed by atoms with Crippen LogP contribution in [0, 0.1) is 0 Å². The number of rotatable bonds is 2. The summed E-state index contributed by atoms with van der Waals surface area (Å²) < 4.78 is 0. The van der Waals surface area contributed by atoms with Gasteiger partial charge in [-0.1, -0.05) is 30.3 Å². The molecule has 0 aliphatic rings. The summed E-state index contributed by atoms with van der Waals surface area (Å²) in [6.07, 6.45) is 0. The van der Waals surface area contributed by atoms with Crippen molar-refractivity contribution in [1.82, 2.24) is 0 Å². The number of carbonyl (C=O) groups excluding carboxylic acids is 1. The van der Waals surface area contributed by atoms with E-state index >= 15 is 0 Å². The maximum Gasteiger partial charge on any atom is 0.300 e. The zero-order valence-electron chi connectivity index (χ0n) is 7.74. The van der Waals surface area contributed by atoms with Gasteiger partial charge in [0.2, 0.25) is 0 Å². The van der Waals surface area contributed by atoms with Crippen LogP contribution in [0.25, 0.3) is 0 Å². The quantitative estimate of drug-likeness (QED) is 0.607. The smallest absolute Gasteiger partial charge is 0.300 e. The Morgan fingerprint density at radius 3 is 2.07 bits per heavy atom. The summed E-state index contributed by atoms with van der Waals surface area (Å²) in [7, 11) is 0. The third-order valence-corrected chi connectivity index (χ3v) is 1.46. The van der Waals surface area contributed by atoms with Crippen LogP contribution in [-0.4, -0.2) is 22.7 Å². The number of hydrogen-bond acceptors (Lipinski definition) is 2. The molecule has 0 bridgehead atoms. The van der Waals surface area contributed by atoms with Crippen molar-refractivity contribution in [1.29, 1.82) is 0 Å². The first-order valence-corrected chi connectivity index (χ1v) is 4.45. The monoisotopic (exact) mass is 214 g/mol. The Labute approximate surface area is 87.3 Å². The van der Waals surface area contributed by atoms with E-state index in [4.69, 9.17) is 21.5 Å². The second-order valence-electron chi connectivity index (χ2n) is 2.44. The molecule has 3 nitrogen and oxygen atoms in total. The molecule has 0 atom stereocenters. The van der Waals surface area contributed by atoms with Gasteiger partial charge in [0, 0.05) is 12.5 Å². The molecule has 1 N–H and O–H groups in total. The first-order chi connectivity index (χ1) is 6.57. The van der Waals surface area contributed by atoms with Crippen molar-refractivity contribution in [3.63, 3.8) is 0 Å². The molecule has 0 aromatic heterocycles. The van der Waals surface area contributed by atoms with Crippen LogP contribution in [-0.2, 0) is 4.79 Å². The van der Waals surface area contributed by atoms with Crippen LogP contribution >= 0.6 is 11.6 Å². The van der Waals surface area contributed by atoms with Gasteiger partial charge in [-0.2, -0.15) is 0 Å². The Bertz CT molecular complexity index is 291. The van der Waals surface area contributed by atoms with Crippen LogP contribution in [0.3, 0.4) is 0 Å². The average molecular weight is 215 g/mol. The third-order valence-electron chi connectivity index (χ3n) is 1.22. The number of Topliss-reactive ketones (excluding diaryl/α,β-unsaturated/α-hetero) is 1. The maximum absolute atomic E-state index is 10.9. The minimum atomic E-state index is -0.833. The summed E-state index contributed by atoms with van der Waals surface area (Å²) in [5.74, 6) is -0.799. The van der Waals surface area contributed by atoms with Crippen molar-refractivity contribution in [2.45, 2.75) is 6.92 Å². The molecule has 1 aromatic carbocycles. The fraction of sp³-hybridized carbons (Fsp3) is 0.200. The molecule has 0 aliphatic carbocycles. The van der Waals surface area contributed by atoms with Gasteiger partial charge in [-0.3, -0.25) is 9.59 Å². The second-order valence-corrected chi connectivity index (χ2v) is 2.71. The van der Waals surface area contributed by atoms with Crippen LogP contribution in [0.4, 0.5) is 0 Å². The van der Waals surface area contributed by atoms with Crippen molar-refractivity contribution < 1.29 is 14.7 Å². The molecule has 0 spiro atoms. The van der Waals surface area contributed by atoms with E-state index in [1.165, 1.54) is 0 Å². The molecule has 76 valence electrons. The van der Waals surface area contributed by atoms with Crippen molar-refractivity contribution in [2.75, 3.05) is 5.88 Å². The van der Waals surface area contributed by atoms with E-state index in [1.54, 1.807) is 12.1 Å². The summed E-state index contributed by atoms with van der Waals surface area (Å²) in [6, 6.07) is 9.01. The zero-order valence-corrected chi connectivity index (χ0v) is 8.49. The molecule has 1 aromatic rings. The molecular formula is C10H11ClO3. The lowest BCUT2D eigenvalue weighted by Gasteiger charge is -1.92. The minimum absolute atomic E-state index is 0.0257. The van der Waals surface area contributed by atoms with E-state index in [0.717, 1.165) is 6.92 Å². The Hall–Kier alpha value is -1.35. The SMILES string of the molecule is CC(=O)O.O=C(CCl)c1ccccc1. The highest BCUT2D eigenvalue weighted by Crippen LogP contribution is 2.00. The fourth-order valence-electron chi connectivity index (χ4n) is 0.701. The fourth-order valence-corrected chi connectivity index (χ4v) is 0.856. The topological polar surface area (TPSA) is 54.4 Å². The van der Waals surface area contributed by atoms with E-state index in [0.29, 0.717) is 5.56 Å². The lowest BCUT2D eigenvalue weighted by Crippen LogP contribution is -1.98. The number of alkyl halides is 1. The van der Waals surface area contributed by atoms with Crippen LogP contribution in [0.15, 0.2) is 30.3 Å². The van der Waals surface area contributed by atoms with Gasteiger partial charge in [-0.05, 0) is 0 Å². The van der Waals surface area contributed by atoms with Crippen molar-refractivity contribution in [2.24, 2.45) is 0 Å². The number of carboxylic acids is 1. The Morgan fingerprint density at radius 1 is 1.29 bits per heavy atom. The second kappa shape index (κ2) is 7.09. The third kappa shape index (κ3) is 6.20.